The van der Waals surface area contributed by atoms with E-state index in [0.29, 0.717) is 31.9 Å². The number of hydrogen-bond donors (Lipinski definition) is 1. The molecular formula is C20H30N3O5+. The van der Waals surface area contributed by atoms with Crippen LogP contribution < -0.4 is 14.7 Å². The van der Waals surface area contributed by atoms with Crippen molar-refractivity contribution in [2.45, 2.75) is 33.3 Å². The highest BCUT2D eigenvalue weighted by Gasteiger charge is 2.44. The van der Waals surface area contributed by atoms with E-state index in [2.05, 4.69) is 10.1 Å². The molecule has 0 atom stereocenters. The number of methoxy groups -OCH3 is 1. The maximum atomic E-state index is 13.0. The van der Waals surface area contributed by atoms with Gasteiger partial charge in [0.25, 0.3) is 0 Å². The van der Waals surface area contributed by atoms with Crippen molar-refractivity contribution in [3.8, 4) is 0 Å². The molecule has 2 amide bonds. The van der Waals surface area contributed by atoms with Gasteiger partial charge < -0.3 is 19.7 Å². The number of ether oxygens (including phenoxy) is 2. The van der Waals surface area contributed by atoms with Gasteiger partial charge in [-0.05, 0) is 32.9 Å². The number of piperazine rings is 1. The Bertz CT molecular complexity index is 718. The third-order valence-corrected chi connectivity index (χ3v) is 4.63. The summed E-state index contributed by atoms with van der Waals surface area (Å²) in [6.07, 6.45) is -0.292. The molecular weight excluding hydrogens is 362 g/mol. The molecule has 2 rings (SSSR count). The Hall–Kier alpha value is -2.45. The Balaban J connectivity index is 2.34. The summed E-state index contributed by atoms with van der Waals surface area (Å²) >= 11 is 0. The summed E-state index contributed by atoms with van der Waals surface area (Å²) in [6.45, 7) is 9.33. The van der Waals surface area contributed by atoms with Crippen LogP contribution in [0.2, 0.25) is 0 Å². The Morgan fingerprint density at radius 2 is 1.68 bits per heavy atom. The Labute approximate surface area is 166 Å². The molecule has 0 spiro atoms. The molecule has 1 N–H and O–H groups in total. The van der Waals surface area contributed by atoms with Crippen molar-refractivity contribution in [2.75, 3.05) is 44.7 Å². The zero-order valence-electron chi connectivity index (χ0n) is 17.3. The van der Waals surface area contributed by atoms with Crippen molar-refractivity contribution in [3.05, 3.63) is 24.3 Å². The molecule has 0 unspecified atom stereocenters. The molecule has 0 bridgehead atoms. The minimum atomic E-state index is -0.584. The summed E-state index contributed by atoms with van der Waals surface area (Å²) in [4.78, 5) is 37.9. The van der Waals surface area contributed by atoms with Crippen molar-refractivity contribution < 1.29 is 23.9 Å². The van der Waals surface area contributed by atoms with Crippen molar-refractivity contribution in [1.82, 2.24) is 9.80 Å². The van der Waals surface area contributed by atoms with Gasteiger partial charge >= 0.3 is 12.1 Å². The number of nitrogens with one attached hydrogen (secondary N) is 1. The summed E-state index contributed by atoms with van der Waals surface area (Å²) in [5.74, 6) is -0.769. The number of anilines is 1. The van der Waals surface area contributed by atoms with Gasteiger partial charge in [0.05, 0.1) is 7.11 Å². The standard InChI is InChI=1S/C20H30N3O5/c1-15(24)22(14-18(25)27-5)16-6-8-17(9-7-16)23(12-10-21-11-13-23)19(26)28-20(2,3)4/h6-9,21H,10-14H2,1-5H3/q+1. The fraction of sp³-hybridized carbons (Fsp3) is 0.550. The number of nitrogens with zero attached hydrogens (tertiary/aromatic N) is 2. The average molecular weight is 392 g/mol. The van der Waals surface area contributed by atoms with Crippen molar-refractivity contribution in [2.24, 2.45) is 0 Å². The van der Waals surface area contributed by atoms with E-state index in [1.54, 1.807) is 12.1 Å². The molecule has 0 aromatic heterocycles. The van der Waals surface area contributed by atoms with E-state index < -0.39 is 11.6 Å². The van der Waals surface area contributed by atoms with Gasteiger partial charge in [-0.1, -0.05) is 0 Å². The lowest BCUT2D eigenvalue weighted by molar-refractivity contribution is -0.139. The van der Waals surface area contributed by atoms with Crippen molar-refractivity contribution >= 4 is 29.3 Å². The van der Waals surface area contributed by atoms with Crippen LogP contribution in [0.15, 0.2) is 24.3 Å². The van der Waals surface area contributed by atoms with Gasteiger partial charge in [0.2, 0.25) is 5.91 Å². The summed E-state index contributed by atoms with van der Waals surface area (Å²) in [5, 5.41) is 3.27. The van der Waals surface area contributed by atoms with Crippen LogP contribution in [0, 0.1) is 0 Å². The number of hydrogen-bond acceptors (Lipinski definition) is 6. The minimum absolute atomic E-state index is 0.0849. The Kier molecular flexibility index (Phi) is 6.79. The van der Waals surface area contributed by atoms with E-state index in [-0.39, 0.29) is 23.0 Å². The van der Waals surface area contributed by atoms with Gasteiger partial charge in [-0.15, -0.1) is 0 Å². The third-order valence-electron chi connectivity index (χ3n) is 4.63. The van der Waals surface area contributed by atoms with Crippen LogP contribution in [0.4, 0.5) is 16.2 Å². The van der Waals surface area contributed by atoms with Crippen LogP contribution in [-0.4, -0.2) is 63.4 Å². The van der Waals surface area contributed by atoms with Gasteiger partial charge in [-0.2, -0.15) is 9.28 Å². The second-order valence-corrected chi connectivity index (χ2v) is 7.84. The average Bonchev–Trinajstić information content (AvgIpc) is 2.65. The van der Waals surface area contributed by atoms with E-state index in [1.165, 1.54) is 18.9 Å². The van der Waals surface area contributed by atoms with E-state index in [4.69, 9.17) is 4.74 Å². The van der Waals surface area contributed by atoms with Crippen molar-refractivity contribution in [1.29, 1.82) is 0 Å². The number of carbonyl (C=O) groups is 3. The Morgan fingerprint density at radius 3 is 2.14 bits per heavy atom. The molecule has 1 aromatic carbocycles. The molecule has 8 nitrogen and oxygen atoms in total. The molecule has 28 heavy (non-hydrogen) atoms. The summed E-state index contributed by atoms with van der Waals surface area (Å²) in [7, 11) is 1.28. The van der Waals surface area contributed by atoms with Gasteiger partial charge in [0.1, 0.15) is 30.9 Å². The second-order valence-electron chi connectivity index (χ2n) is 7.84. The molecule has 0 radical (unpaired) electrons. The molecule has 1 fully saturated rings. The van der Waals surface area contributed by atoms with Gasteiger partial charge in [-0.25, -0.2) is 0 Å². The van der Waals surface area contributed by atoms with Crippen LogP contribution in [0.5, 0.6) is 0 Å². The molecule has 1 aliphatic heterocycles. The first-order valence-corrected chi connectivity index (χ1v) is 9.36. The number of benzene rings is 1. The highest BCUT2D eigenvalue weighted by Crippen LogP contribution is 2.30. The van der Waals surface area contributed by atoms with Gasteiger partial charge in [-0.3, -0.25) is 9.59 Å². The summed E-state index contributed by atoms with van der Waals surface area (Å²) in [5.41, 5.74) is 0.777. The largest absolute Gasteiger partial charge is 0.521 e. The second kappa shape index (κ2) is 8.70. The normalized spacial score (nSPS) is 16.2. The van der Waals surface area contributed by atoms with Crippen molar-refractivity contribution in [3.63, 3.8) is 0 Å². The zero-order chi connectivity index (χ0) is 20.9. The quantitative estimate of drug-likeness (QED) is 0.624. The smallest absolute Gasteiger partial charge is 0.468 e. The molecule has 0 aliphatic carbocycles. The van der Waals surface area contributed by atoms with Gasteiger partial charge in [0, 0.05) is 37.8 Å². The number of amides is 2. The van der Waals surface area contributed by atoms with E-state index in [1.807, 2.05) is 32.9 Å². The molecule has 0 saturated carbocycles. The van der Waals surface area contributed by atoms with E-state index in [0.717, 1.165) is 5.69 Å². The first-order valence-electron chi connectivity index (χ1n) is 9.36. The van der Waals surface area contributed by atoms with Gasteiger partial charge in [0.15, 0.2) is 0 Å². The molecule has 1 aromatic rings. The first-order chi connectivity index (χ1) is 13.1. The number of rotatable bonds is 4. The van der Waals surface area contributed by atoms with E-state index >= 15 is 0 Å². The maximum Gasteiger partial charge on any atom is 0.521 e. The molecule has 1 saturated heterocycles. The molecule has 1 heterocycles. The number of esters is 1. The lowest BCUT2D eigenvalue weighted by Gasteiger charge is -2.38. The number of carbonyl (C=O) groups excluding carboxylic acids is 3. The van der Waals surface area contributed by atoms with Crippen LogP contribution >= 0.6 is 0 Å². The van der Waals surface area contributed by atoms with Crippen LogP contribution in [0.25, 0.3) is 0 Å². The fourth-order valence-electron chi connectivity index (χ4n) is 3.17. The zero-order valence-corrected chi connectivity index (χ0v) is 17.3. The highest BCUT2D eigenvalue weighted by atomic mass is 16.6. The van der Waals surface area contributed by atoms with E-state index in [9.17, 15) is 14.4 Å². The summed E-state index contributed by atoms with van der Waals surface area (Å²) < 4.78 is 10.4. The predicted molar refractivity (Wildman–Crippen MR) is 107 cm³/mol. The van der Waals surface area contributed by atoms with Crippen LogP contribution in [0.1, 0.15) is 27.7 Å². The first kappa shape index (κ1) is 21.8. The topological polar surface area (TPSA) is 84.9 Å². The maximum absolute atomic E-state index is 13.0. The lowest BCUT2D eigenvalue weighted by Crippen LogP contribution is -2.64. The minimum Gasteiger partial charge on any atom is -0.468 e. The van der Waals surface area contributed by atoms with Crippen LogP contribution in [0.3, 0.4) is 0 Å². The molecule has 1 aliphatic rings. The molecule has 8 heteroatoms. The summed E-state index contributed by atoms with van der Waals surface area (Å²) in [6, 6.07) is 7.12. The lowest BCUT2D eigenvalue weighted by atomic mass is 10.1. The highest BCUT2D eigenvalue weighted by molar-refractivity contribution is 5.96. The molecule has 154 valence electrons. The fourth-order valence-corrected chi connectivity index (χ4v) is 3.17. The predicted octanol–water partition coefficient (Wildman–Crippen LogP) is 2.06. The van der Waals surface area contributed by atoms with Crippen LogP contribution in [-0.2, 0) is 19.1 Å². The monoisotopic (exact) mass is 392 g/mol. The SMILES string of the molecule is COC(=O)CN(C(C)=O)c1ccc([N+]2(C(=O)OC(C)(C)C)CCNCC2)cc1. The number of quaternary nitrogens is 1. The Morgan fingerprint density at radius 1 is 1.11 bits per heavy atom. The third kappa shape index (κ3) is 5.08.